The second-order valence-corrected chi connectivity index (χ2v) is 13.9. The van der Waals surface area contributed by atoms with Gasteiger partial charge in [-0.25, -0.2) is 0 Å². The highest BCUT2D eigenvalue weighted by Gasteiger charge is 2.32. The zero-order valence-corrected chi connectivity index (χ0v) is 32.4. The average Bonchev–Trinajstić information content (AvgIpc) is 3.23. The molecule has 9 N–H and O–H groups in total. The molecule has 1 aliphatic heterocycles. The van der Waals surface area contributed by atoms with Crippen molar-refractivity contribution in [3.8, 4) is 0 Å². The van der Waals surface area contributed by atoms with E-state index in [1.165, 1.54) is 0 Å². The molecular weight excluding hydrogens is 741 g/mol. The summed E-state index contributed by atoms with van der Waals surface area (Å²) < 4.78 is 11.7. The molecule has 306 valence electrons. The summed E-state index contributed by atoms with van der Waals surface area (Å²) in [7, 11) is 0. The Morgan fingerprint density at radius 2 is 1.38 bits per heavy atom. The van der Waals surface area contributed by atoms with Gasteiger partial charge in [0.25, 0.3) is 5.91 Å². The summed E-state index contributed by atoms with van der Waals surface area (Å²) in [5, 5.41) is 16.0. The lowest BCUT2D eigenvalue weighted by Gasteiger charge is -2.27. The Labute approximate surface area is 337 Å². The van der Waals surface area contributed by atoms with E-state index in [0.29, 0.717) is 37.1 Å². The smallest absolute Gasteiger partial charge is 0.251 e. The highest BCUT2D eigenvalue weighted by molar-refractivity contribution is 6.05. The number of aliphatic imine (C=N–C) groups is 1. The van der Waals surface area contributed by atoms with E-state index in [0.717, 1.165) is 16.3 Å². The SMILES string of the molecule is NC(N)=NCCC[C@@H]1NC(=O)[C@@H](Cc2ccccc2)NC(=O)[C@@H](NC(=O)c2ccccc2)COCCCCOCC[C@@H](C(=O)Nc2cccc3ccccc23)NC1=O. The summed E-state index contributed by atoms with van der Waals surface area (Å²) in [6, 6.07) is 26.2. The van der Waals surface area contributed by atoms with Gasteiger partial charge in [0.15, 0.2) is 5.96 Å². The number of anilines is 1. The molecular formula is C43H52N8O7. The number of rotatable bonds is 10. The van der Waals surface area contributed by atoms with E-state index in [4.69, 9.17) is 20.9 Å². The first kappa shape index (κ1) is 42.8. The summed E-state index contributed by atoms with van der Waals surface area (Å²) in [5.74, 6) is -3.01. The Kier molecular flexibility index (Phi) is 16.6. The molecule has 0 aromatic heterocycles. The molecule has 1 saturated heterocycles. The van der Waals surface area contributed by atoms with Crippen LogP contribution < -0.4 is 38.1 Å². The van der Waals surface area contributed by atoms with Crippen LogP contribution in [0.25, 0.3) is 10.8 Å². The number of amides is 5. The van der Waals surface area contributed by atoms with E-state index in [9.17, 15) is 24.0 Å². The van der Waals surface area contributed by atoms with Crippen LogP contribution in [0.4, 0.5) is 5.69 Å². The number of carbonyl (C=O) groups is 5. The zero-order chi connectivity index (χ0) is 41.1. The van der Waals surface area contributed by atoms with Crippen molar-refractivity contribution in [3.63, 3.8) is 0 Å². The summed E-state index contributed by atoms with van der Waals surface area (Å²) >= 11 is 0. The third-order valence-electron chi connectivity index (χ3n) is 9.49. The molecule has 15 heteroatoms. The highest BCUT2D eigenvalue weighted by Crippen LogP contribution is 2.23. The first-order valence-electron chi connectivity index (χ1n) is 19.5. The molecule has 4 aromatic rings. The van der Waals surface area contributed by atoms with Gasteiger partial charge in [-0.15, -0.1) is 0 Å². The maximum Gasteiger partial charge on any atom is 0.251 e. The molecule has 0 unspecified atom stereocenters. The Morgan fingerprint density at radius 1 is 0.724 bits per heavy atom. The summed E-state index contributed by atoms with van der Waals surface area (Å²) in [6.07, 6.45) is 1.80. The number of guanidine groups is 1. The highest BCUT2D eigenvalue weighted by atomic mass is 16.5. The van der Waals surface area contributed by atoms with Crippen LogP contribution in [0.15, 0.2) is 108 Å². The van der Waals surface area contributed by atoms with Crippen LogP contribution >= 0.6 is 0 Å². The van der Waals surface area contributed by atoms with Gasteiger partial charge in [0.2, 0.25) is 23.6 Å². The van der Waals surface area contributed by atoms with Crippen LogP contribution in [0.1, 0.15) is 48.0 Å². The predicted molar refractivity (Wildman–Crippen MR) is 222 cm³/mol. The first-order chi connectivity index (χ1) is 28.2. The van der Waals surface area contributed by atoms with Gasteiger partial charge in [-0.2, -0.15) is 0 Å². The molecule has 0 bridgehead atoms. The van der Waals surface area contributed by atoms with Crippen molar-refractivity contribution in [3.05, 3.63) is 114 Å². The topological polar surface area (TPSA) is 228 Å². The maximum atomic E-state index is 14.2. The van der Waals surface area contributed by atoms with Crippen molar-refractivity contribution in [2.75, 3.05) is 38.3 Å². The van der Waals surface area contributed by atoms with Gasteiger partial charge < -0.3 is 47.5 Å². The van der Waals surface area contributed by atoms with Crippen LogP contribution in [-0.2, 0) is 35.1 Å². The molecule has 4 atom stereocenters. The van der Waals surface area contributed by atoms with E-state index >= 15 is 0 Å². The van der Waals surface area contributed by atoms with Gasteiger partial charge in [0.1, 0.15) is 24.2 Å². The van der Waals surface area contributed by atoms with Gasteiger partial charge in [-0.3, -0.25) is 29.0 Å². The lowest BCUT2D eigenvalue weighted by molar-refractivity contribution is -0.134. The van der Waals surface area contributed by atoms with Gasteiger partial charge in [0.05, 0.1) is 6.61 Å². The lowest BCUT2D eigenvalue weighted by Crippen LogP contribution is -2.59. The van der Waals surface area contributed by atoms with Crippen molar-refractivity contribution in [2.45, 2.75) is 62.7 Å². The molecule has 0 aliphatic carbocycles. The maximum absolute atomic E-state index is 14.2. The summed E-state index contributed by atoms with van der Waals surface area (Å²) in [5.41, 5.74) is 12.7. The summed E-state index contributed by atoms with van der Waals surface area (Å²) in [6.45, 7) is 0.799. The molecule has 58 heavy (non-hydrogen) atoms. The monoisotopic (exact) mass is 792 g/mol. The third kappa shape index (κ3) is 13.4. The van der Waals surface area contributed by atoms with Crippen LogP contribution in [-0.4, -0.2) is 92.6 Å². The second kappa shape index (κ2) is 22.4. The van der Waals surface area contributed by atoms with Crippen LogP contribution in [0.5, 0.6) is 0 Å². The van der Waals surface area contributed by atoms with Gasteiger partial charge in [0, 0.05) is 49.4 Å². The van der Waals surface area contributed by atoms with Crippen LogP contribution in [0.2, 0.25) is 0 Å². The van der Waals surface area contributed by atoms with Gasteiger partial charge >= 0.3 is 0 Å². The Morgan fingerprint density at radius 3 is 2.14 bits per heavy atom. The van der Waals surface area contributed by atoms with E-state index in [2.05, 4.69) is 31.6 Å². The molecule has 0 radical (unpaired) electrons. The molecule has 4 aromatic carbocycles. The van der Waals surface area contributed by atoms with Crippen LogP contribution in [0.3, 0.4) is 0 Å². The first-order valence-corrected chi connectivity index (χ1v) is 19.5. The molecule has 1 heterocycles. The number of fused-ring (bicyclic) bond motifs is 1. The number of nitrogens with two attached hydrogens (primary N) is 2. The number of ether oxygens (including phenoxy) is 2. The number of hydrogen-bond donors (Lipinski definition) is 7. The fraction of sp³-hybridized carbons (Fsp3) is 0.349. The lowest BCUT2D eigenvalue weighted by atomic mass is 10.0. The number of nitrogens with zero attached hydrogens (tertiary/aromatic N) is 1. The fourth-order valence-corrected chi connectivity index (χ4v) is 6.40. The average molecular weight is 793 g/mol. The number of carbonyl (C=O) groups excluding carboxylic acids is 5. The summed E-state index contributed by atoms with van der Waals surface area (Å²) in [4.78, 5) is 73.5. The largest absolute Gasteiger partial charge is 0.381 e. The molecule has 5 amide bonds. The predicted octanol–water partition coefficient (Wildman–Crippen LogP) is 2.54. The van der Waals surface area contributed by atoms with Crippen LogP contribution in [0, 0.1) is 0 Å². The van der Waals surface area contributed by atoms with Gasteiger partial charge in [-0.05, 0) is 61.3 Å². The standard InChI is InChI=1S/C43H52N8O7/c44-43(45)46-23-12-21-34-39(53)49-35(40(54)47-33-20-11-18-30-15-7-8-19-32(30)33)22-26-57-24-9-10-25-58-28-37(51-38(52)31-16-5-2-6-17-31)42(56)50-36(41(55)48-34)27-29-13-3-1-4-14-29/h1-8,11,13-20,34-37H,9-10,12,21-28H2,(H,47,54)(H,48,55)(H,49,53)(H,50,56)(H,51,52)(H4,44,45,46)/t34-,35-,36+,37-/m0/s1. The zero-order valence-electron chi connectivity index (χ0n) is 32.4. The quantitative estimate of drug-likeness (QED) is 0.0710. The minimum absolute atomic E-state index is 0.0639. The Balaban J connectivity index is 1.42. The molecule has 1 fully saturated rings. The number of nitrogens with one attached hydrogen (secondary N) is 5. The molecule has 15 nitrogen and oxygen atoms in total. The Hall–Kier alpha value is -6.32. The minimum atomic E-state index is -1.18. The second-order valence-electron chi connectivity index (χ2n) is 13.9. The Bertz CT molecular complexity index is 2000. The van der Waals surface area contributed by atoms with E-state index in [1.54, 1.807) is 36.4 Å². The third-order valence-corrected chi connectivity index (χ3v) is 9.49. The van der Waals surface area contributed by atoms with E-state index in [-0.39, 0.29) is 51.6 Å². The molecule has 0 saturated carbocycles. The number of hydrogen-bond acceptors (Lipinski definition) is 8. The van der Waals surface area contributed by atoms with Crippen molar-refractivity contribution >= 4 is 52.0 Å². The molecule has 0 spiro atoms. The van der Waals surface area contributed by atoms with Crippen molar-refractivity contribution < 1.29 is 33.4 Å². The fourth-order valence-electron chi connectivity index (χ4n) is 6.40. The van der Waals surface area contributed by atoms with Crippen molar-refractivity contribution in [2.24, 2.45) is 16.5 Å². The molecule has 5 rings (SSSR count). The van der Waals surface area contributed by atoms with Crippen molar-refractivity contribution in [1.29, 1.82) is 0 Å². The number of benzene rings is 4. The minimum Gasteiger partial charge on any atom is -0.381 e. The molecule has 1 aliphatic rings. The van der Waals surface area contributed by atoms with Gasteiger partial charge in [-0.1, -0.05) is 84.9 Å². The van der Waals surface area contributed by atoms with E-state index in [1.807, 2.05) is 66.7 Å². The normalized spacial score (nSPS) is 20.2. The van der Waals surface area contributed by atoms with Crippen molar-refractivity contribution in [1.82, 2.24) is 21.3 Å². The van der Waals surface area contributed by atoms with E-state index < -0.39 is 53.7 Å².